The highest BCUT2D eigenvalue weighted by molar-refractivity contribution is 5.73. The lowest BCUT2D eigenvalue weighted by Gasteiger charge is -2.03. The molecule has 0 atom stereocenters. The zero-order valence-corrected chi connectivity index (χ0v) is 8.14. The molecule has 4 heteroatoms. The molecule has 0 unspecified atom stereocenters. The predicted molar refractivity (Wildman–Crippen MR) is 53.9 cm³/mol. The predicted octanol–water partition coefficient (Wildman–Crippen LogP) is 2.16. The van der Waals surface area contributed by atoms with Gasteiger partial charge in [0.05, 0.1) is 7.11 Å². The molecule has 0 amide bonds. The summed E-state index contributed by atoms with van der Waals surface area (Å²) in [7, 11) is 1.56. The molecular weight excluding hydrogens is 194 g/mol. The van der Waals surface area contributed by atoms with E-state index in [2.05, 4.69) is 4.98 Å². The lowest BCUT2D eigenvalue weighted by Crippen LogP contribution is -1.89. The number of aromatic nitrogens is 1. The van der Waals surface area contributed by atoms with E-state index in [9.17, 15) is 4.79 Å². The van der Waals surface area contributed by atoms with E-state index in [1.165, 1.54) is 0 Å². The number of pyridine rings is 1. The van der Waals surface area contributed by atoms with Gasteiger partial charge in [-0.25, -0.2) is 4.98 Å². The zero-order valence-electron chi connectivity index (χ0n) is 8.14. The summed E-state index contributed by atoms with van der Waals surface area (Å²) in [5, 5.41) is 0. The maximum Gasteiger partial charge on any atom is 0.185 e. The molecule has 0 radical (unpaired) electrons. The SMILES string of the molecule is COc1cccnc1-c1ccc(C=O)o1. The Labute approximate surface area is 86.5 Å². The van der Waals surface area contributed by atoms with Crippen molar-refractivity contribution in [2.75, 3.05) is 7.11 Å². The van der Waals surface area contributed by atoms with Crippen LogP contribution in [0.4, 0.5) is 0 Å². The van der Waals surface area contributed by atoms with E-state index >= 15 is 0 Å². The van der Waals surface area contributed by atoms with Gasteiger partial charge in [-0.15, -0.1) is 0 Å². The number of carbonyl (C=O) groups is 1. The molecule has 0 N–H and O–H groups in total. The smallest absolute Gasteiger partial charge is 0.185 e. The molecular formula is C11H9NO3. The van der Waals surface area contributed by atoms with E-state index in [4.69, 9.17) is 9.15 Å². The Morgan fingerprint density at radius 3 is 2.93 bits per heavy atom. The fourth-order valence-corrected chi connectivity index (χ4v) is 1.28. The van der Waals surface area contributed by atoms with Crippen molar-refractivity contribution in [3.63, 3.8) is 0 Å². The number of carbonyl (C=O) groups excluding carboxylic acids is 1. The molecule has 0 bridgehead atoms. The van der Waals surface area contributed by atoms with E-state index in [0.29, 0.717) is 23.5 Å². The van der Waals surface area contributed by atoms with E-state index in [1.807, 2.05) is 0 Å². The molecule has 0 aliphatic carbocycles. The highest BCUT2D eigenvalue weighted by atomic mass is 16.5. The summed E-state index contributed by atoms with van der Waals surface area (Å²) in [6.45, 7) is 0. The largest absolute Gasteiger partial charge is 0.494 e. The van der Waals surface area contributed by atoms with Crippen molar-refractivity contribution >= 4 is 6.29 Å². The Bertz CT molecular complexity index is 476. The number of nitrogens with zero attached hydrogens (tertiary/aromatic N) is 1. The fourth-order valence-electron chi connectivity index (χ4n) is 1.28. The summed E-state index contributed by atoms with van der Waals surface area (Å²) in [5.41, 5.74) is 0.591. The minimum atomic E-state index is 0.276. The van der Waals surface area contributed by atoms with Gasteiger partial charge in [-0.3, -0.25) is 4.79 Å². The quantitative estimate of drug-likeness (QED) is 0.717. The fraction of sp³-hybridized carbons (Fsp3) is 0.0909. The van der Waals surface area contributed by atoms with Gasteiger partial charge >= 0.3 is 0 Å². The second-order valence-electron chi connectivity index (χ2n) is 2.87. The number of hydrogen-bond donors (Lipinski definition) is 0. The Balaban J connectivity index is 2.48. The number of aldehydes is 1. The van der Waals surface area contributed by atoms with Gasteiger partial charge in [0.15, 0.2) is 17.8 Å². The summed E-state index contributed by atoms with van der Waals surface area (Å²) >= 11 is 0. The normalized spacial score (nSPS) is 9.93. The van der Waals surface area contributed by atoms with Gasteiger partial charge in [-0.2, -0.15) is 0 Å². The van der Waals surface area contributed by atoms with Gasteiger partial charge in [0.1, 0.15) is 11.4 Å². The highest BCUT2D eigenvalue weighted by Gasteiger charge is 2.10. The standard InChI is InChI=1S/C11H9NO3/c1-14-9-3-2-6-12-11(9)10-5-4-8(7-13)15-10/h2-7H,1H3. The summed E-state index contributed by atoms with van der Waals surface area (Å²) in [6, 6.07) is 6.84. The molecule has 76 valence electrons. The van der Waals surface area contributed by atoms with Crippen molar-refractivity contribution in [3.8, 4) is 17.2 Å². The first-order chi connectivity index (χ1) is 7.35. The first kappa shape index (κ1) is 9.45. The molecule has 0 fully saturated rings. The van der Waals surface area contributed by atoms with Crippen LogP contribution in [0.15, 0.2) is 34.9 Å². The van der Waals surface area contributed by atoms with Gasteiger partial charge in [-0.1, -0.05) is 0 Å². The van der Waals surface area contributed by atoms with Crippen molar-refractivity contribution in [1.82, 2.24) is 4.98 Å². The second-order valence-corrected chi connectivity index (χ2v) is 2.87. The minimum absolute atomic E-state index is 0.276. The van der Waals surface area contributed by atoms with E-state index < -0.39 is 0 Å². The number of methoxy groups -OCH3 is 1. The first-order valence-corrected chi connectivity index (χ1v) is 4.39. The third-order valence-corrected chi connectivity index (χ3v) is 1.97. The summed E-state index contributed by atoms with van der Waals surface area (Å²) in [6.07, 6.45) is 2.29. The summed E-state index contributed by atoms with van der Waals surface area (Å²) in [5.74, 6) is 1.41. The maximum absolute atomic E-state index is 10.5. The first-order valence-electron chi connectivity index (χ1n) is 4.39. The van der Waals surface area contributed by atoms with Crippen LogP contribution >= 0.6 is 0 Å². The number of furan rings is 1. The van der Waals surface area contributed by atoms with Gasteiger partial charge in [0.2, 0.25) is 0 Å². The monoisotopic (exact) mass is 203 g/mol. The van der Waals surface area contributed by atoms with Crippen molar-refractivity contribution in [2.24, 2.45) is 0 Å². The number of ether oxygens (including phenoxy) is 1. The van der Waals surface area contributed by atoms with E-state index in [1.54, 1.807) is 37.6 Å². The van der Waals surface area contributed by atoms with E-state index in [-0.39, 0.29) is 5.76 Å². The lowest BCUT2D eigenvalue weighted by atomic mass is 10.2. The molecule has 2 aromatic rings. The van der Waals surface area contributed by atoms with Crippen LogP contribution in [0.1, 0.15) is 10.6 Å². The van der Waals surface area contributed by atoms with Gasteiger partial charge in [-0.05, 0) is 24.3 Å². The van der Waals surface area contributed by atoms with Crippen LogP contribution in [0.2, 0.25) is 0 Å². The Morgan fingerprint density at radius 2 is 2.27 bits per heavy atom. The summed E-state index contributed by atoms with van der Waals surface area (Å²) < 4.78 is 10.4. The molecule has 0 aliphatic rings. The topological polar surface area (TPSA) is 52.3 Å². The van der Waals surface area contributed by atoms with Crippen LogP contribution in [-0.2, 0) is 0 Å². The van der Waals surface area contributed by atoms with Crippen molar-refractivity contribution in [1.29, 1.82) is 0 Å². The van der Waals surface area contributed by atoms with Crippen molar-refractivity contribution in [2.45, 2.75) is 0 Å². The van der Waals surface area contributed by atoms with Crippen LogP contribution in [0.3, 0.4) is 0 Å². The van der Waals surface area contributed by atoms with Gasteiger partial charge in [0, 0.05) is 6.20 Å². The Morgan fingerprint density at radius 1 is 1.40 bits per heavy atom. The maximum atomic E-state index is 10.5. The molecule has 15 heavy (non-hydrogen) atoms. The third kappa shape index (κ3) is 1.74. The highest BCUT2D eigenvalue weighted by Crippen LogP contribution is 2.28. The molecule has 0 aliphatic heterocycles. The van der Waals surface area contributed by atoms with Crippen molar-refractivity contribution in [3.05, 3.63) is 36.2 Å². The van der Waals surface area contributed by atoms with Gasteiger partial charge in [0.25, 0.3) is 0 Å². The number of rotatable bonds is 3. The molecule has 2 aromatic heterocycles. The Kier molecular flexibility index (Phi) is 2.49. The van der Waals surface area contributed by atoms with Crippen LogP contribution in [0, 0.1) is 0 Å². The average Bonchev–Trinajstić information content (AvgIpc) is 2.77. The third-order valence-electron chi connectivity index (χ3n) is 1.97. The Hall–Kier alpha value is -2.10. The van der Waals surface area contributed by atoms with Crippen LogP contribution < -0.4 is 4.74 Å². The average molecular weight is 203 g/mol. The minimum Gasteiger partial charge on any atom is -0.494 e. The molecule has 2 heterocycles. The zero-order chi connectivity index (χ0) is 10.7. The molecule has 4 nitrogen and oxygen atoms in total. The molecule has 0 spiro atoms. The van der Waals surface area contributed by atoms with Crippen LogP contribution in [-0.4, -0.2) is 18.4 Å². The molecule has 2 rings (SSSR count). The van der Waals surface area contributed by atoms with Crippen LogP contribution in [0.5, 0.6) is 5.75 Å². The van der Waals surface area contributed by atoms with E-state index in [0.717, 1.165) is 0 Å². The summed E-state index contributed by atoms with van der Waals surface area (Å²) in [4.78, 5) is 14.6. The number of hydrogen-bond acceptors (Lipinski definition) is 4. The molecule has 0 aromatic carbocycles. The van der Waals surface area contributed by atoms with Gasteiger partial charge < -0.3 is 9.15 Å². The van der Waals surface area contributed by atoms with Crippen molar-refractivity contribution < 1.29 is 13.9 Å². The lowest BCUT2D eigenvalue weighted by molar-refractivity contribution is 0.110. The molecule has 0 saturated heterocycles. The van der Waals surface area contributed by atoms with Crippen LogP contribution in [0.25, 0.3) is 11.5 Å². The second kappa shape index (κ2) is 3.96. The molecule has 0 saturated carbocycles.